The van der Waals surface area contributed by atoms with E-state index in [1.165, 1.54) is 11.3 Å². The molecule has 0 spiro atoms. The maximum absolute atomic E-state index is 11.5. The van der Waals surface area contributed by atoms with Gasteiger partial charge in [0.05, 0.1) is 11.5 Å². The molecule has 0 aromatic carbocycles. The fraction of sp³-hybridized carbons (Fsp3) is 0.818. The highest BCUT2D eigenvalue weighted by Crippen LogP contribution is 2.22. The third-order valence-corrected chi connectivity index (χ3v) is 5.54. The number of nitrogens with one attached hydrogen (secondary N) is 1. The summed E-state index contributed by atoms with van der Waals surface area (Å²) in [6.45, 7) is 4.28. The van der Waals surface area contributed by atoms with Crippen molar-refractivity contribution in [2.24, 2.45) is 5.92 Å². The van der Waals surface area contributed by atoms with Gasteiger partial charge in [-0.2, -0.15) is 0 Å². The Morgan fingerprint density at radius 3 is 2.89 bits per heavy atom. The van der Waals surface area contributed by atoms with Gasteiger partial charge in [0.15, 0.2) is 9.84 Å². The Kier molecular flexibility index (Phi) is 4.21. The molecule has 1 fully saturated rings. The Morgan fingerprint density at radius 2 is 2.22 bits per heavy atom. The minimum Gasteiger partial charge on any atom is -0.356 e. The first-order valence-electron chi connectivity index (χ1n) is 6.24. The molecule has 1 atom stereocenters. The molecule has 2 rings (SSSR count). The number of nitrogens with zero attached hydrogens (tertiary/aromatic N) is 2. The molecular formula is C11H19N3O2S2. The van der Waals surface area contributed by atoms with Gasteiger partial charge in [-0.05, 0) is 18.8 Å². The molecule has 2 heterocycles. The standard InChI is InChI=1S/C11H19N3O2S2/c1-8(2)6-10-13-14-11(17-10)12-9-4-3-5-18(15,16)7-9/h8-9H,3-7H2,1-2H3,(H,12,14). The van der Waals surface area contributed by atoms with E-state index in [1.807, 2.05) is 0 Å². The minimum atomic E-state index is -2.87. The number of aromatic nitrogens is 2. The monoisotopic (exact) mass is 289 g/mol. The molecule has 0 saturated carbocycles. The maximum atomic E-state index is 11.5. The van der Waals surface area contributed by atoms with Crippen molar-refractivity contribution in [3.63, 3.8) is 0 Å². The lowest BCUT2D eigenvalue weighted by atomic mass is 10.1. The minimum absolute atomic E-state index is 0.0106. The third-order valence-electron chi connectivity index (χ3n) is 2.84. The molecule has 0 radical (unpaired) electrons. The number of rotatable bonds is 4. The van der Waals surface area contributed by atoms with Crippen molar-refractivity contribution < 1.29 is 8.42 Å². The predicted molar refractivity (Wildman–Crippen MR) is 73.7 cm³/mol. The van der Waals surface area contributed by atoms with E-state index in [0.717, 1.165) is 29.4 Å². The average molecular weight is 289 g/mol. The molecule has 5 nitrogen and oxygen atoms in total. The number of anilines is 1. The van der Waals surface area contributed by atoms with Crippen molar-refractivity contribution in [2.45, 2.75) is 39.2 Å². The summed E-state index contributed by atoms with van der Waals surface area (Å²) in [6.07, 6.45) is 2.54. The van der Waals surface area contributed by atoms with Crippen LogP contribution in [0.5, 0.6) is 0 Å². The highest BCUT2D eigenvalue weighted by molar-refractivity contribution is 7.91. The lowest BCUT2D eigenvalue weighted by Crippen LogP contribution is -2.34. The summed E-state index contributed by atoms with van der Waals surface area (Å²) in [5.74, 6) is 1.09. The largest absolute Gasteiger partial charge is 0.356 e. The molecule has 1 unspecified atom stereocenters. The van der Waals surface area contributed by atoms with Gasteiger partial charge in [-0.15, -0.1) is 10.2 Å². The topological polar surface area (TPSA) is 72.0 Å². The zero-order chi connectivity index (χ0) is 13.2. The van der Waals surface area contributed by atoms with Gasteiger partial charge >= 0.3 is 0 Å². The van der Waals surface area contributed by atoms with Crippen LogP contribution in [0, 0.1) is 5.92 Å². The fourth-order valence-corrected chi connectivity index (χ4v) is 4.72. The van der Waals surface area contributed by atoms with Crippen molar-refractivity contribution in [3.8, 4) is 0 Å². The average Bonchev–Trinajstić information content (AvgIpc) is 2.62. The lowest BCUT2D eigenvalue weighted by molar-refractivity contribution is 0.561. The summed E-state index contributed by atoms with van der Waals surface area (Å²) in [6, 6.07) is -0.0106. The van der Waals surface area contributed by atoms with E-state index in [9.17, 15) is 8.42 Å². The third kappa shape index (κ3) is 3.91. The Morgan fingerprint density at radius 1 is 1.44 bits per heavy atom. The second-order valence-electron chi connectivity index (χ2n) is 5.20. The zero-order valence-corrected chi connectivity index (χ0v) is 12.4. The van der Waals surface area contributed by atoms with Crippen LogP contribution in [-0.4, -0.2) is 36.2 Å². The molecule has 0 bridgehead atoms. The van der Waals surface area contributed by atoms with Crippen molar-refractivity contribution in [1.29, 1.82) is 0 Å². The second-order valence-corrected chi connectivity index (χ2v) is 8.49. The summed E-state index contributed by atoms with van der Waals surface area (Å²) in [7, 11) is -2.87. The molecule has 1 aliphatic heterocycles. The van der Waals surface area contributed by atoms with E-state index in [-0.39, 0.29) is 11.8 Å². The van der Waals surface area contributed by atoms with Gasteiger partial charge < -0.3 is 5.32 Å². The van der Waals surface area contributed by atoms with Crippen molar-refractivity contribution >= 4 is 26.3 Å². The Balaban J connectivity index is 1.95. The van der Waals surface area contributed by atoms with Gasteiger partial charge in [0.25, 0.3) is 0 Å². The Labute approximate surface area is 112 Å². The highest BCUT2D eigenvalue weighted by Gasteiger charge is 2.25. The van der Waals surface area contributed by atoms with Gasteiger partial charge in [0.1, 0.15) is 5.01 Å². The van der Waals surface area contributed by atoms with Crippen LogP contribution in [0.1, 0.15) is 31.7 Å². The second kappa shape index (κ2) is 5.52. The first-order chi connectivity index (χ1) is 8.44. The smallest absolute Gasteiger partial charge is 0.205 e. The maximum Gasteiger partial charge on any atom is 0.205 e. The number of hydrogen-bond acceptors (Lipinski definition) is 6. The van der Waals surface area contributed by atoms with Crippen LogP contribution in [0.4, 0.5) is 5.13 Å². The molecule has 1 saturated heterocycles. The normalized spacial score (nSPS) is 23.2. The van der Waals surface area contributed by atoms with Crippen LogP contribution in [0.2, 0.25) is 0 Å². The molecule has 1 N–H and O–H groups in total. The summed E-state index contributed by atoms with van der Waals surface area (Å²) in [5.41, 5.74) is 0. The zero-order valence-electron chi connectivity index (χ0n) is 10.7. The van der Waals surface area contributed by atoms with Gasteiger partial charge in [0.2, 0.25) is 5.13 Å². The first-order valence-corrected chi connectivity index (χ1v) is 8.88. The number of sulfone groups is 1. The molecule has 1 aromatic rings. The van der Waals surface area contributed by atoms with Crippen molar-refractivity contribution in [2.75, 3.05) is 16.8 Å². The molecular weight excluding hydrogens is 270 g/mol. The van der Waals surface area contributed by atoms with E-state index < -0.39 is 9.84 Å². The summed E-state index contributed by atoms with van der Waals surface area (Å²) in [4.78, 5) is 0. The van der Waals surface area contributed by atoms with Crippen LogP contribution in [0.3, 0.4) is 0 Å². The van der Waals surface area contributed by atoms with E-state index in [0.29, 0.717) is 11.7 Å². The quantitative estimate of drug-likeness (QED) is 0.914. The molecule has 0 amide bonds. The molecule has 18 heavy (non-hydrogen) atoms. The fourth-order valence-electron chi connectivity index (χ4n) is 2.05. The highest BCUT2D eigenvalue weighted by atomic mass is 32.2. The SMILES string of the molecule is CC(C)Cc1nnc(NC2CCCS(=O)(=O)C2)s1. The molecule has 0 aliphatic carbocycles. The van der Waals surface area contributed by atoms with Crippen LogP contribution >= 0.6 is 11.3 Å². The van der Waals surface area contributed by atoms with Gasteiger partial charge in [-0.3, -0.25) is 0 Å². The van der Waals surface area contributed by atoms with E-state index >= 15 is 0 Å². The molecule has 102 valence electrons. The van der Waals surface area contributed by atoms with Crippen LogP contribution in [0.15, 0.2) is 0 Å². The molecule has 7 heteroatoms. The Hall–Kier alpha value is -0.690. The van der Waals surface area contributed by atoms with Crippen LogP contribution < -0.4 is 5.32 Å². The van der Waals surface area contributed by atoms with E-state index in [2.05, 4.69) is 29.4 Å². The first kappa shape index (κ1) is 13.7. The van der Waals surface area contributed by atoms with Crippen LogP contribution in [-0.2, 0) is 16.3 Å². The van der Waals surface area contributed by atoms with Crippen molar-refractivity contribution in [1.82, 2.24) is 10.2 Å². The van der Waals surface area contributed by atoms with Gasteiger partial charge in [-0.1, -0.05) is 25.2 Å². The number of hydrogen-bond donors (Lipinski definition) is 1. The molecule has 1 aromatic heterocycles. The summed E-state index contributed by atoms with van der Waals surface area (Å²) < 4.78 is 23.1. The van der Waals surface area contributed by atoms with Crippen LogP contribution in [0.25, 0.3) is 0 Å². The van der Waals surface area contributed by atoms with E-state index in [1.54, 1.807) is 0 Å². The molecule has 1 aliphatic rings. The van der Waals surface area contributed by atoms with Gasteiger partial charge in [-0.25, -0.2) is 8.42 Å². The van der Waals surface area contributed by atoms with E-state index in [4.69, 9.17) is 0 Å². The summed E-state index contributed by atoms with van der Waals surface area (Å²) >= 11 is 1.53. The van der Waals surface area contributed by atoms with Crippen molar-refractivity contribution in [3.05, 3.63) is 5.01 Å². The lowest BCUT2D eigenvalue weighted by Gasteiger charge is -2.22. The Bertz CT molecular complexity index is 496. The predicted octanol–water partition coefficient (Wildman–Crippen LogP) is 1.73. The van der Waals surface area contributed by atoms with Gasteiger partial charge in [0, 0.05) is 12.5 Å². The summed E-state index contributed by atoms with van der Waals surface area (Å²) in [5, 5.41) is 13.1.